The summed E-state index contributed by atoms with van der Waals surface area (Å²) < 4.78 is 14.2. The SMILES string of the molecule is CC(C)(C)SCCNC(=O)C1CCCN(Cc2c(F)cccc2Cl)C1. The maximum absolute atomic E-state index is 14.0. The molecule has 3 nitrogen and oxygen atoms in total. The molecule has 1 atom stereocenters. The first-order valence-corrected chi connectivity index (χ1v) is 10.2. The van der Waals surface area contributed by atoms with Crippen LogP contribution in [0.1, 0.15) is 39.2 Å². The van der Waals surface area contributed by atoms with Crippen molar-refractivity contribution in [3.05, 3.63) is 34.6 Å². The predicted octanol–water partition coefficient (Wildman–Crippen LogP) is 4.34. The molecule has 1 aromatic carbocycles. The molecular formula is C19H28ClFN2OS. The van der Waals surface area contributed by atoms with Gasteiger partial charge in [-0.25, -0.2) is 4.39 Å². The quantitative estimate of drug-likeness (QED) is 0.738. The Hall–Kier alpha value is -0.780. The van der Waals surface area contributed by atoms with Gasteiger partial charge in [0.25, 0.3) is 0 Å². The van der Waals surface area contributed by atoms with E-state index in [1.165, 1.54) is 6.07 Å². The minimum Gasteiger partial charge on any atom is -0.355 e. The second-order valence-electron chi connectivity index (χ2n) is 7.53. The number of thioether (sulfide) groups is 1. The van der Waals surface area contributed by atoms with Gasteiger partial charge in [0, 0.05) is 40.7 Å². The Bertz CT molecular complexity index is 571. The Balaban J connectivity index is 1.83. The topological polar surface area (TPSA) is 32.3 Å². The molecule has 1 N–H and O–H groups in total. The summed E-state index contributed by atoms with van der Waals surface area (Å²) in [5.74, 6) is 0.715. The minimum absolute atomic E-state index is 0.0288. The minimum atomic E-state index is -0.279. The lowest BCUT2D eigenvalue weighted by Gasteiger charge is -2.32. The number of piperidine rings is 1. The van der Waals surface area contributed by atoms with Gasteiger partial charge in [-0.3, -0.25) is 9.69 Å². The molecule has 2 rings (SSSR count). The molecule has 1 fully saturated rings. The molecule has 0 radical (unpaired) electrons. The number of nitrogens with one attached hydrogen (secondary N) is 1. The van der Waals surface area contributed by atoms with Crippen LogP contribution in [-0.4, -0.2) is 40.9 Å². The van der Waals surface area contributed by atoms with E-state index in [2.05, 4.69) is 31.0 Å². The zero-order chi connectivity index (χ0) is 18.4. The molecule has 6 heteroatoms. The van der Waals surface area contributed by atoms with Crippen molar-refractivity contribution >= 4 is 29.3 Å². The molecule has 0 bridgehead atoms. The summed E-state index contributed by atoms with van der Waals surface area (Å²) in [6, 6.07) is 4.76. The normalized spacial score (nSPS) is 19.0. The van der Waals surface area contributed by atoms with Crippen molar-refractivity contribution in [3.8, 4) is 0 Å². The van der Waals surface area contributed by atoms with E-state index in [-0.39, 0.29) is 22.4 Å². The van der Waals surface area contributed by atoms with Gasteiger partial charge >= 0.3 is 0 Å². The Labute approximate surface area is 159 Å². The third-order valence-electron chi connectivity index (χ3n) is 4.26. The highest BCUT2D eigenvalue weighted by atomic mass is 35.5. The third kappa shape index (κ3) is 6.80. The van der Waals surface area contributed by atoms with Crippen LogP contribution in [0.25, 0.3) is 0 Å². The molecule has 1 saturated heterocycles. The monoisotopic (exact) mass is 386 g/mol. The van der Waals surface area contributed by atoms with Crippen LogP contribution in [0.2, 0.25) is 5.02 Å². The van der Waals surface area contributed by atoms with Crippen LogP contribution in [0.3, 0.4) is 0 Å². The highest BCUT2D eigenvalue weighted by Crippen LogP contribution is 2.25. The van der Waals surface area contributed by atoms with Gasteiger partial charge in [0.2, 0.25) is 5.91 Å². The number of hydrogen-bond donors (Lipinski definition) is 1. The molecule has 1 aliphatic heterocycles. The van der Waals surface area contributed by atoms with E-state index in [1.54, 1.807) is 12.1 Å². The molecule has 1 aromatic rings. The number of halogens is 2. The van der Waals surface area contributed by atoms with Crippen molar-refractivity contribution in [1.82, 2.24) is 10.2 Å². The highest BCUT2D eigenvalue weighted by molar-refractivity contribution is 8.00. The van der Waals surface area contributed by atoms with Crippen LogP contribution >= 0.6 is 23.4 Å². The van der Waals surface area contributed by atoms with Gasteiger partial charge in [-0.2, -0.15) is 11.8 Å². The van der Waals surface area contributed by atoms with Crippen LogP contribution in [-0.2, 0) is 11.3 Å². The molecule has 1 heterocycles. The average molecular weight is 387 g/mol. The van der Waals surface area contributed by atoms with Gasteiger partial charge < -0.3 is 5.32 Å². The van der Waals surface area contributed by atoms with Crippen molar-refractivity contribution in [2.75, 3.05) is 25.4 Å². The summed E-state index contributed by atoms with van der Waals surface area (Å²) in [6.45, 7) is 9.19. The molecule has 1 aliphatic rings. The number of amides is 1. The van der Waals surface area contributed by atoms with Crippen molar-refractivity contribution in [2.45, 2.75) is 44.9 Å². The zero-order valence-corrected chi connectivity index (χ0v) is 16.9. The predicted molar refractivity (Wildman–Crippen MR) is 105 cm³/mol. The van der Waals surface area contributed by atoms with Gasteiger partial charge in [-0.05, 0) is 31.5 Å². The molecule has 0 spiro atoms. The van der Waals surface area contributed by atoms with Crippen molar-refractivity contribution in [1.29, 1.82) is 0 Å². The van der Waals surface area contributed by atoms with Crippen molar-refractivity contribution in [3.63, 3.8) is 0 Å². The Morgan fingerprint density at radius 2 is 2.20 bits per heavy atom. The lowest BCUT2D eigenvalue weighted by Crippen LogP contribution is -2.43. The smallest absolute Gasteiger partial charge is 0.224 e. The number of benzene rings is 1. The lowest BCUT2D eigenvalue weighted by molar-refractivity contribution is -0.126. The molecule has 0 saturated carbocycles. The van der Waals surface area contributed by atoms with E-state index < -0.39 is 0 Å². The van der Waals surface area contributed by atoms with Gasteiger partial charge in [0.05, 0.1) is 5.92 Å². The van der Waals surface area contributed by atoms with Gasteiger partial charge in [0.15, 0.2) is 0 Å². The average Bonchev–Trinajstić information content (AvgIpc) is 2.54. The first-order chi connectivity index (χ1) is 11.8. The summed E-state index contributed by atoms with van der Waals surface area (Å²) in [6.07, 6.45) is 1.83. The summed E-state index contributed by atoms with van der Waals surface area (Å²) in [7, 11) is 0. The molecule has 1 amide bonds. The molecule has 0 aliphatic carbocycles. The third-order valence-corrected chi connectivity index (χ3v) is 5.88. The maximum Gasteiger partial charge on any atom is 0.224 e. The molecule has 1 unspecified atom stereocenters. The Morgan fingerprint density at radius 1 is 1.44 bits per heavy atom. The fourth-order valence-electron chi connectivity index (χ4n) is 3.00. The number of nitrogens with zero attached hydrogens (tertiary/aromatic N) is 1. The van der Waals surface area contributed by atoms with Crippen LogP contribution in [0.4, 0.5) is 4.39 Å². The zero-order valence-electron chi connectivity index (χ0n) is 15.3. The second kappa shape index (κ2) is 9.24. The molecule has 0 aromatic heterocycles. The first-order valence-electron chi connectivity index (χ1n) is 8.83. The van der Waals surface area contributed by atoms with E-state index in [0.717, 1.165) is 25.1 Å². The number of carbonyl (C=O) groups is 1. The van der Waals surface area contributed by atoms with Gasteiger partial charge in [0.1, 0.15) is 5.82 Å². The molecular weight excluding hydrogens is 359 g/mol. The number of carbonyl (C=O) groups excluding carboxylic acids is 1. The number of rotatable bonds is 6. The molecule has 25 heavy (non-hydrogen) atoms. The highest BCUT2D eigenvalue weighted by Gasteiger charge is 2.26. The summed E-state index contributed by atoms with van der Waals surface area (Å²) >= 11 is 7.97. The maximum atomic E-state index is 14.0. The summed E-state index contributed by atoms with van der Waals surface area (Å²) in [5, 5.41) is 3.50. The molecule has 140 valence electrons. The number of likely N-dealkylation sites (tertiary alicyclic amines) is 1. The summed E-state index contributed by atoms with van der Waals surface area (Å²) in [4.78, 5) is 14.5. The van der Waals surface area contributed by atoms with Crippen LogP contribution in [0, 0.1) is 11.7 Å². The fraction of sp³-hybridized carbons (Fsp3) is 0.632. The van der Waals surface area contributed by atoms with E-state index >= 15 is 0 Å². The first kappa shape index (κ1) is 20.5. The van der Waals surface area contributed by atoms with Crippen molar-refractivity contribution in [2.24, 2.45) is 5.92 Å². The van der Waals surface area contributed by atoms with Crippen LogP contribution < -0.4 is 5.32 Å². The number of hydrogen-bond acceptors (Lipinski definition) is 3. The van der Waals surface area contributed by atoms with E-state index in [4.69, 9.17) is 11.6 Å². The second-order valence-corrected chi connectivity index (χ2v) is 9.86. The van der Waals surface area contributed by atoms with E-state index in [9.17, 15) is 9.18 Å². The van der Waals surface area contributed by atoms with Gasteiger partial charge in [-0.1, -0.05) is 38.4 Å². The Kier molecular flexibility index (Phi) is 7.59. The van der Waals surface area contributed by atoms with Crippen LogP contribution in [0.5, 0.6) is 0 Å². The van der Waals surface area contributed by atoms with Crippen LogP contribution in [0.15, 0.2) is 18.2 Å². The Morgan fingerprint density at radius 3 is 2.88 bits per heavy atom. The largest absolute Gasteiger partial charge is 0.355 e. The van der Waals surface area contributed by atoms with Gasteiger partial charge in [-0.15, -0.1) is 0 Å². The standard InChI is InChI=1S/C19H28ClFN2OS/c1-19(2,3)25-11-9-22-18(24)14-6-5-10-23(12-14)13-15-16(20)7-4-8-17(15)21/h4,7-8,14H,5-6,9-13H2,1-3H3,(H,22,24). The fourth-order valence-corrected chi connectivity index (χ4v) is 4.04. The summed E-state index contributed by atoms with van der Waals surface area (Å²) in [5.41, 5.74) is 0.520. The van der Waals surface area contributed by atoms with E-state index in [1.807, 2.05) is 11.8 Å². The van der Waals surface area contributed by atoms with Crippen molar-refractivity contribution < 1.29 is 9.18 Å². The lowest BCUT2D eigenvalue weighted by atomic mass is 9.96. The van der Waals surface area contributed by atoms with E-state index in [0.29, 0.717) is 30.2 Å².